The second-order valence-corrected chi connectivity index (χ2v) is 5.77. The number of ether oxygens (including phenoxy) is 1. The summed E-state index contributed by atoms with van der Waals surface area (Å²) in [6.07, 6.45) is 0.836. The molecule has 0 bridgehead atoms. The van der Waals surface area contributed by atoms with Crippen LogP contribution in [-0.2, 0) is 13.2 Å². The molecular weight excluding hydrogens is 317 g/mol. The van der Waals surface area contributed by atoms with Crippen LogP contribution in [0.1, 0.15) is 24.5 Å². The maximum Gasteiger partial charge on any atom is 0.124 e. The summed E-state index contributed by atoms with van der Waals surface area (Å²) in [5.41, 5.74) is 1.81. The van der Waals surface area contributed by atoms with Gasteiger partial charge in [0.15, 0.2) is 0 Å². The Labute approximate surface area is 141 Å². The van der Waals surface area contributed by atoms with Crippen molar-refractivity contribution in [3.8, 4) is 5.75 Å². The normalized spacial score (nSPS) is 12.2. The smallest absolute Gasteiger partial charge is 0.124 e. The Kier molecular flexibility index (Phi) is 6.84. The molecule has 0 saturated carbocycles. The molecule has 0 aliphatic carbocycles. The third-order valence-electron chi connectivity index (χ3n) is 3.62. The first-order valence-electron chi connectivity index (χ1n) is 7.62. The van der Waals surface area contributed by atoms with Crippen LogP contribution in [0.5, 0.6) is 5.75 Å². The van der Waals surface area contributed by atoms with E-state index in [2.05, 4.69) is 5.32 Å². The van der Waals surface area contributed by atoms with Gasteiger partial charge in [0.05, 0.1) is 6.61 Å². The SMILES string of the molecule is CC[C@@H](CO)NCc1cc(Cl)ccc1OCc1ccc(F)cc1. The Bertz CT molecular complexity index is 615. The molecule has 1 atom stereocenters. The van der Waals surface area contributed by atoms with Gasteiger partial charge in [-0.25, -0.2) is 4.39 Å². The fourth-order valence-corrected chi connectivity index (χ4v) is 2.36. The number of benzene rings is 2. The number of rotatable bonds is 8. The fraction of sp³-hybridized carbons (Fsp3) is 0.333. The van der Waals surface area contributed by atoms with Crippen LogP contribution in [0.4, 0.5) is 4.39 Å². The van der Waals surface area contributed by atoms with Crippen molar-refractivity contribution < 1.29 is 14.2 Å². The monoisotopic (exact) mass is 337 g/mol. The van der Waals surface area contributed by atoms with Gasteiger partial charge in [0.25, 0.3) is 0 Å². The molecule has 5 heteroatoms. The highest BCUT2D eigenvalue weighted by molar-refractivity contribution is 6.30. The molecule has 0 unspecified atom stereocenters. The zero-order valence-electron chi connectivity index (χ0n) is 13.1. The van der Waals surface area contributed by atoms with E-state index in [0.29, 0.717) is 18.2 Å². The van der Waals surface area contributed by atoms with Crippen LogP contribution >= 0.6 is 11.6 Å². The van der Waals surface area contributed by atoms with Crippen LogP contribution in [0.25, 0.3) is 0 Å². The number of aliphatic hydroxyl groups is 1. The van der Waals surface area contributed by atoms with E-state index in [1.165, 1.54) is 12.1 Å². The van der Waals surface area contributed by atoms with Crippen molar-refractivity contribution in [2.75, 3.05) is 6.61 Å². The lowest BCUT2D eigenvalue weighted by Gasteiger charge is -2.17. The third-order valence-corrected chi connectivity index (χ3v) is 3.86. The standard InChI is InChI=1S/C18H21ClFNO2/c1-2-17(11-22)21-10-14-9-15(19)5-8-18(14)23-12-13-3-6-16(20)7-4-13/h3-9,17,21-22H,2,10-12H2,1H3/t17-/m0/s1. The van der Waals surface area contributed by atoms with E-state index in [4.69, 9.17) is 16.3 Å². The minimum atomic E-state index is -0.264. The quantitative estimate of drug-likeness (QED) is 0.767. The molecule has 0 aliphatic rings. The van der Waals surface area contributed by atoms with E-state index in [0.717, 1.165) is 23.3 Å². The van der Waals surface area contributed by atoms with E-state index in [1.807, 2.05) is 19.1 Å². The van der Waals surface area contributed by atoms with Crippen LogP contribution in [0.2, 0.25) is 5.02 Å². The topological polar surface area (TPSA) is 41.5 Å². The number of halogens is 2. The third kappa shape index (κ3) is 5.50. The predicted octanol–water partition coefficient (Wildman–Crippen LogP) is 3.92. The first kappa shape index (κ1) is 17.7. The molecular formula is C18H21ClFNO2. The summed E-state index contributed by atoms with van der Waals surface area (Å²) in [5.74, 6) is 0.457. The summed E-state index contributed by atoms with van der Waals surface area (Å²) in [6, 6.07) is 11.7. The first-order valence-corrected chi connectivity index (χ1v) is 8.00. The van der Waals surface area contributed by atoms with Crippen LogP contribution < -0.4 is 10.1 Å². The molecule has 2 rings (SSSR count). The van der Waals surface area contributed by atoms with Crippen molar-refractivity contribution in [2.24, 2.45) is 0 Å². The number of hydrogen-bond acceptors (Lipinski definition) is 3. The zero-order chi connectivity index (χ0) is 16.7. The van der Waals surface area contributed by atoms with Crippen LogP contribution in [-0.4, -0.2) is 17.8 Å². The van der Waals surface area contributed by atoms with E-state index in [1.54, 1.807) is 18.2 Å². The van der Waals surface area contributed by atoms with Crippen molar-refractivity contribution in [3.05, 3.63) is 64.4 Å². The molecule has 0 spiro atoms. The summed E-state index contributed by atoms with van der Waals surface area (Å²) in [6.45, 7) is 3.01. The van der Waals surface area contributed by atoms with Gasteiger partial charge in [0.1, 0.15) is 18.2 Å². The summed E-state index contributed by atoms with van der Waals surface area (Å²) in [7, 11) is 0. The van der Waals surface area contributed by atoms with Crippen molar-refractivity contribution in [2.45, 2.75) is 32.5 Å². The molecule has 2 N–H and O–H groups in total. The van der Waals surface area contributed by atoms with Crippen molar-refractivity contribution in [1.29, 1.82) is 0 Å². The minimum Gasteiger partial charge on any atom is -0.489 e. The average Bonchev–Trinajstić information content (AvgIpc) is 2.56. The van der Waals surface area contributed by atoms with Crippen molar-refractivity contribution >= 4 is 11.6 Å². The highest BCUT2D eigenvalue weighted by atomic mass is 35.5. The zero-order valence-corrected chi connectivity index (χ0v) is 13.8. The fourth-order valence-electron chi connectivity index (χ4n) is 2.16. The number of nitrogens with one attached hydrogen (secondary N) is 1. The number of aliphatic hydroxyl groups excluding tert-OH is 1. The van der Waals surface area contributed by atoms with Gasteiger partial charge >= 0.3 is 0 Å². The van der Waals surface area contributed by atoms with Gasteiger partial charge in [-0.15, -0.1) is 0 Å². The lowest BCUT2D eigenvalue weighted by molar-refractivity contribution is 0.237. The van der Waals surface area contributed by atoms with E-state index < -0.39 is 0 Å². The molecule has 0 amide bonds. The van der Waals surface area contributed by atoms with Crippen molar-refractivity contribution in [1.82, 2.24) is 5.32 Å². The second-order valence-electron chi connectivity index (χ2n) is 5.34. The lowest BCUT2D eigenvalue weighted by atomic mass is 10.1. The summed E-state index contributed by atoms with van der Waals surface area (Å²) < 4.78 is 18.8. The Hall–Kier alpha value is -1.62. The Balaban J connectivity index is 2.04. The summed E-state index contributed by atoms with van der Waals surface area (Å²) in [5, 5.41) is 13.2. The molecule has 23 heavy (non-hydrogen) atoms. The van der Waals surface area contributed by atoms with Gasteiger partial charge in [0, 0.05) is 23.2 Å². The molecule has 0 radical (unpaired) electrons. The summed E-state index contributed by atoms with van der Waals surface area (Å²) >= 11 is 6.06. The van der Waals surface area contributed by atoms with Gasteiger partial charge in [-0.1, -0.05) is 30.7 Å². The molecule has 0 heterocycles. The highest BCUT2D eigenvalue weighted by Crippen LogP contribution is 2.24. The van der Waals surface area contributed by atoms with E-state index in [-0.39, 0.29) is 18.5 Å². The van der Waals surface area contributed by atoms with Gasteiger partial charge in [0.2, 0.25) is 0 Å². The molecule has 0 fully saturated rings. The molecule has 2 aromatic rings. The Morgan fingerprint density at radius 2 is 1.96 bits per heavy atom. The molecule has 0 saturated heterocycles. The second kappa shape index (κ2) is 8.87. The van der Waals surface area contributed by atoms with Gasteiger partial charge in [-0.2, -0.15) is 0 Å². The maximum atomic E-state index is 12.9. The molecule has 2 aromatic carbocycles. The van der Waals surface area contributed by atoms with Gasteiger partial charge in [-0.05, 0) is 42.3 Å². The van der Waals surface area contributed by atoms with Crippen LogP contribution in [0.3, 0.4) is 0 Å². The maximum absolute atomic E-state index is 12.9. The van der Waals surface area contributed by atoms with Crippen LogP contribution in [0, 0.1) is 5.82 Å². The van der Waals surface area contributed by atoms with E-state index in [9.17, 15) is 9.50 Å². The summed E-state index contributed by atoms with van der Waals surface area (Å²) in [4.78, 5) is 0. The minimum absolute atomic E-state index is 0.0407. The van der Waals surface area contributed by atoms with E-state index >= 15 is 0 Å². The lowest BCUT2D eigenvalue weighted by Crippen LogP contribution is -2.31. The average molecular weight is 338 g/mol. The Morgan fingerprint density at radius 3 is 2.61 bits per heavy atom. The molecule has 124 valence electrons. The van der Waals surface area contributed by atoms with Gasteiger partial charge in [-0.3, -0.25) is 0 Å². The Morgan fingerprint density at radius 1 is 1.22 bits per heavy atom. The largest absolute Gasteiger partial charge is 0.489 e. The number of hydrogen-bond donors (Lipinski definition) is 2. The molecule has 0 aliphatic heterocycles. The molecule has 0 aromatic heterocycles. The first-order chi connectivity index (χ1) is 11.1. The highest BCUT2D eigenvalue weighted by Gasteiger charge is 2.09. The van der Waals surface area contributed by atoms with Crippen LogP contribution in [0.15, 0.2) is 42.5 Å². The van der Waals surface area contributed by atoms with Crippen molar-refractivity contribution in [3.63, 3.8) is 0 Å². The van der Waals surface area contributed by atoms with Gasteiger partial charge < -0.3 is 15.2 Å². The predicted molar refractivity (Wildman–Crippen MR) is 90.2 cm³/mol. The molecule has 3 nitrogen and oxygen atoms in total.